The van der Waals surface area contributed by atoms with E-state index in [0.717, 1.165) is 51.3 Å². The Morgan fingerprint density at radius 1 is 1.21 bits per heavy atom. The van der Waals surface area contributed by atoms with Crippen molar-refractivity contribution in [3.8, 4) is 0 Å². The van der Waals surface area contributed by atoms with Crippen molar-refractivity contribution >= 4 is 39.3 Å². The summed E-state index contributed by atoms with van der Waals surface area (Å²) in [5.41, 5.74) is 1.15. The van der Waals surface area contributed by atoms with E-state index >= 15 is 0 Å². The Morgan fingerprint density at radius 2 is 1.96 bits per heavy atom. The Balaban J connectivity index is 1.59. The molecule has 1 aromatic carbocycles. The Bertz CT molecular complexity index is 846. The molecule has 4 rings (SSSR count). The molecule has 2 N–H and O–H groups in total. The molecule has 2 unspecified atom stereocenters. The second-order valence-electron chi connectivity index (χ2n) is 8.52. The first-order valence-corrected chi connectivity index (χ1v) is 11.8. The van der Waals surface area contributed by atoms with Crippen molar-refractivity contribution in [3.63, 3.8) is 0 Å². The van der Waals surface area contributed by atoms with Crippen molar-refractivity contribution in [1.29, 1.82) is 0 Å². The normalized spacial score (nSPS) is 26.5. The number of rotatable bonds is 6. The van der Waals surface area contributed by atoms with E-state index in [0.29, 0.717) is 0 Å². The highest BCUT2D eigenvalue weighted by atomic mass is 32.2. The first-order chi connectivity index (χ1) is 13.4. The van der Waals surface area contributed by atoms with Crippen molar-refractivity contribution in [1.82, 2.24) is 19.9 Å². The van der Waals surface area contributed by atoms with Crippen LogP contribution in [0.25, 0.3) is 10.1 Å². The molecule has 2 aliphatic heterocycles. The fraction of sp³-hybridized carbons (Fsp3) is 0.619. The van der Waals surface area contributed by atoms with E-state index in [1.807, 2.05) is 13.8 Å². The van der Waals surface area contributed by atoms with Gasteiger partial charge in [0.05, 0.1) is 20.0 Å². The molecule has 152 valence electrons. The molecule has 2 aliphatic rings. The molecule has 5 nitrogen and oxygen atoms in total. The third-order valence-corrected chi connectivity index (χ3v) is 8.30. The van der Waals surface area contributed by atoms with Crippen LogP contribution in [0.2, 0.25) is 0 Å². The van der Waals surface area contributed by atoms with Crippen LogP contribution in [0, 0.1) is 0 Å². The quantitative estimate of drug-likeness (QED) is 0.753. The number of piperazine rings is 1. The van der Waals surface area contributed by atoms with Crippen LogP contribution < -0.4 is 10.6 Å². The van der Waals surface area contributed by atoms with E-state index in [4.69, 9.17) is 4.37 Å². The summed E-state index contributed by atoms with van der Waals surface area (Å²) in [5, 5.41) is 7.98. The van der Waals surface area contributed by atoms with Gasteiger partial charge in [-0.05, 0) is 57.8 Å². The molecule has 0 spiro atoms. The summed E-state index contributed by atoms with van der Waals surface area (Å²) >= 11 is 3.33. The largest absolute Gasteiger partial charge is 0.340 e. The maximum atomic E-state index is 12.6. The number of hydrogen-bond donors (Lipinski definition) is 2. The zero-order valence-corrected chi connectivity index (χ0v) is 18.6. The van der Waals surface area contributed by atoms with Gasteiger partial charge in [-0.25, -0.2) is 0 Å². The van der Waals surface area contributed by atoms with Crippen molar-refractivity contribution in [2.24, 2.45) is 0 Å². The van der Waals surface area contributed by atoms with Gasteiger partial charge in [0, 0.05) is 37.5 Å². The van der Waals surface area contributed by atoms with Crippen LogP contribution in [0.3, 0.4) is 0 Å². The molecule has 1 aromatic heterocycles. The molecule has 2 fully saturated rings. The van der Waals surface area contributed by atoms with E-state index in [-0.39, 0.29) is 16.7 Å². The van der Waals surface area contributed by atoms with E-state index in [1.165, 1.54) is 10.1 Å². The smallest absolute Gasteiger partial charge is 0.236 e. The summed E-state index contributed by atoms with van der Waals surface area (Å²) < 4.78 is 5.70. The molecule has 0 saturated carbocycles. The van der Waals surface area contributed by atoms with Gasteiger partial charge in [0.15, 0.2) is 0 Å². The first kappa shape index (κ1) is 20.1. The Hall–Kier alpha value is -1.15. The fourth-order valence-corrected chi connectivity index (χ4v) is 6.97. The SMILES string of the molecule is CC1(C)SC(C)(C(CCCN2CCNCC2)c2nsc3ccccc23)NC1=O. The number of benzene rings is 1. The second kappa shape index (κ2) is 7.94. The second-order valence-corrected chi connectivity index (χ2v) is 11.4. The number of fused-ring (bicyclic) bond motifs is 1. The zero-order valence-electron chi connectivity index (χ0n) is 17.0. The Kier molecular flexibility index (Phi) is 5.71. The van der Waals surface area contributed by atoms with Crippen LogP contribution in [-0.2, 0) is 4.79 Å². The standard InChI is InChI=1S/C21H30N4OS2/c1-20(2)19(26)23-21(3,28-20)16(8-6-12-25-13-10-22-11-14-25)18-15-7-4-5-9-17(15)27-24-18/h4-5,7,9,16,22H,6,8,10-14H2,1-3H3,(H,23,26). The predicted octanol–water partition coefficient (Wildman–Crippen LogP) is 3.42. The molecule has 0 aliphatic carbocycles. The van der Waals surface area contributed by atoms with Crippen LogP contribution in [0.15, 0.2) is 24.3 Å². The lowest BCUT2D eigenvalue weighted by Crippen LogP contribution is -2.45. The van der Waals surface area contributed by atoms with E-state index in [1.54, 1.807) is 23.3 Å². The highest BCUT2D eigenvalue weighted by molar-refractivity contribution is 8.03. The molecule has 7 heteroatoms. The van der Waals surface area contributed by atoms with E-state index in [2.05, 4.69) is 46.7 Å². The maximum absolute atomic E-state index is 12.6. The van der Waals surface area contributed by atoms with Gasteiger partial charge in [-0.3, -0.25) is 4.79 Å². The summed E-state index contributed by atoms with van der Waals surface area (Å²) in [5.74, 6) is 0.328. The number of nitrogens with zero attached hydrogens (tertiary/aromatic N) is 2. The molecule has 2 aromatic rings. The van der Waals surface area contributed by atoms with Gasteiger partial charge in [0.2, 0.25) is 5.91 Å². The van der Waals surface area contributed by atoms with Gasteiger partial charge >= 0.3 is 0 Å². The highest BCUT2D eigenvalue weighted by Crippen LogP contribution is 2.51. The minimum Gasteiger partial charge on any atom is -0.340 e. The summed E-state index contributed by atoms with van der Waals surface area (Å²) in [6, 6.07) is 8.47. The summed E-state index contributed by atoms with van der Waals surface area (Å²) in [7, 11) is 0. The number of carbonyl (C=O) groups excluding carboxylic acids is 1. The molecule has 2 atom stereocenters. The monoisotopic (exact) mass is 418 g/mol. The van der Waals surface area contributed by atoms with Crippen LogP contribution >= 0.6 is 23.3 Å². The van der Waals surface area contributed by atoms with Crippen LogP contribution in [0.4, 0.5) is 0 Å². The molecule has 1 amide bonds. The van der Waals surface area contributed by atoms with Gasteiger partial charge in [-0.2, -0.15) is 4.37 Å². The lowest BCUT2D eigenvalue weighted by molar-refractivity contribution is -0.122. The molecule has 2 saturated heterocycles. The van der Waals surface area contributed by atoms with Crippen LogP contribution in [0.5, 0.6) is 0 Å². The lowest BCUT2D eigenvalue weighted by atomic mass is 9.89. The molecular weight excluding hydrogens is 388 g/mol. The number of hydrogen-bond acceptors (Lipinski definition) is 6. The third kappa shape index (κ3) is 3.95. The summed E-state index contributed by atoms with van der Waals surface area (Å²) in [6.45, 7) is 11.8. The van der Waals surface area contributed by atoms with Gasteiger partial charge in [0.25, 0.3) is 0 Å². The minimum atomic E-state index is -0.405. The summed E-state index contributed by atoms with van der Waals surface area (Å²) in [4.78, 5) is 14.8. The van der Waals surface area contributed by atoms with Crippen molar-refractivity contribution < 1.29 is 4.79 Å². The Morgan fingerprint density at radius 3 is 2.68 bits per heavy atom. The lowest BCUT2D eigenvalue weighted by Gasteiger charge is -2.34. The maximum Gasteiger partial charge on any atom is 0.236 e. The van der Waals surface area contributed by atoms with Crippen molar-refractivity contribution in [2.75, 3.05) is 32.7 Å². The van der Waals surface area contributed by atoms with Gasteiger partial charge < -0.3 is 15.5 Å². The third-order valence-electron chi connectivity index (χ3n) is 5.95. The number of aromatic nitrogens is 1. The number of amides is 1. The van der Waals surface area contributed by atoms with E-state index in [9.17, 15) is 4.79 Å². The molecule has 3 heterocycles. The fourth-order valence-electron chi connectivity index (χ4n) is 4.42. The Labute approximate surface area is 175 Å². The van der Waals surface area contributed by atoms with Gasteiger partial charge in [-0.1, -0.05) is 18.2 Å². The van der Waals surface area contributed by atoms with E-state index < -0.39 is 4.75 Å². The van der Waals surface area contributed by atoms with Crippen LogP contribution in [0.1, 0.15) is 45.2 Å². The van der Waals surface area contributed by atoms with Gasteiger partial charge in [0.1, 0.15) is 0 Å². The number of carbonyl (C=O) groups is 1. The molecule has 0 bridgehead atoms. The summed E-state index contributed by atoms with van der Waals surface area (Å²) in [6.07, 6.45) is 2.14. The zero-order chi connectivity index (χ0) is 19.8. The molecular formula is C21H30N4OS2. The van der Waals surface area contributed by atoms with Gasteiger partial charge in [-0.15, -0.1) is 11.8 Å². The topological polar surface area (TPSA) is 57.3 Å². The van der Waals surface area contributed by atoms with Crippen LogP contribution in [-0.4, -0.2) is 57.5 Å². The number of nitrogens with one attached hydrogen (secondary N) is 2. The first-order valence-electron chi connectivity index (χ1n) is 10.2. The minimum absolute atomic E-state index is 0.131. The van der Waals surface area contributed by atoms with Crippen molar-refractivity contribution in [2.45, 2.75) is 49.1 Å². The highest BCUT2D eigenvalue weighted by Gasteiger charge is 2.52. The molecule has 28 heavy (non-hydrogen) atoms. The molecule has 0 radical (unpaired) electrons. The average Bonchev–Trinajstić information content (AvgIpc) is 3.18. The number of thioether (sulfide) groups is 1. The average molecular weight is 419 g/mol. The predicted molar refractivity (Wildman–Crippen MR) is 119 cm³/mol. The van der Waals surface area contributed by atoms with Crippen molar-refractivity contribution in [3.05, 3.63) is 30.0 Å².